The van der Waals surface area contributed by atoms with Gasteiger partial charge in [-0.3, -0.25) is 4.79 Å². The molecule has 1 aromatic carbocycles. The van der Waals surface area contributed by atoms with E-state index >= 15 is 0 Å². The second-order valence-electron chi connectivity index (χ2n) is 4.31. The predicted molar refractivity (Wildman–Crippen MR) is 83.2 cm³/mol. The molecule has 92 valence electrons. The molecule has 0 aliphatic carbocycles. The van der Waals surface area contributed by atoms with Crippen molar-refractivity contribution in [2.24, 2.45) is 5.92 Å². The first-order chi connectivity index (χ1) is 8.16. The molecule has 4 heteroatoms. The zero-order chi connectivity index (χ0) is 12.3. The summed E-state index contributed by atoms with van der Waals surface area (Å²) in [5.41, 5.74) is 0.788. The van der Waals surface area contributed by atoms with Crippen LogP contribution in [0.2, 0.25) is 5.02 Å². The Morgan fingerprint density at radius 3 is 2.82 bits per heavy atom. The summed E-state index contributed by atoms with van der Waals surface area (Å²) in [4.78, 5) is 12.2. The lowest BCUT2D eigenvalue weighted by Crippen LogP contribution is -2.15. The average Bonchev–Trinajstić information content (AvgIpc) is 2.33. The van der Waals surface area contributed by atoms with Gasteiger partial charge in [-0.1, -0.05) is 11.6 Å². The lowest BCUT2D eigenvalue weighted by atomic mass is 9.93. The van der Waals surface area contributed by atoms with Crippen LogP contribution in [0.4, 0.5) is 0 Å². The van der Waals surface area contributed by atoms with E-state index < -0.39 is 0 Å². The highest BCUT2D eigenvalue weighted by molar-refractivity contribution is 14.1. The molecule has 0 aromatic heterocycles. The number of thioether (sulfide) groups is 1. The van der Waals surface area contributed by atoms with Crippen LogP contribution >= 0.6 is 46.0 Å². The molecule has 0 radical (unpaired) electrons. The Bertz CT molecular complexity index is 416. The quantitative estimate of drug-likeness (QED) is 0.560. The molecule has 1 fully saturated rings. The summed E-state index contributed by atoms with van der Waals surface area (Å²) in [5.74, 6) is 3.21. The Hall–Kier alpha value is 0.260. The van der Waals surface area contributed by atoms with E-state index in [0.717, 1.165) is 9.13 Å². The van der Waals surface area contributed by atoms with Crippen molar-refractivity contribution in [1.82, 2.24) is 0 Å². The topological polar surface area (TPSA) is 17.1 Å². The molecular formula is C13H14ClIOS. The molecule has 0 bridgehead atoms. The molecule has 0 amide bonds. The summed E-state index contributed by atoms with van der Waals surface area (Å²) in [5, 5.41) is 0.646. The minimum Gasteiger partial charge on any atom is -0.294 e. The largest absolute Gasteiger partial charge is 0.294 e. The summed E-state index contributed by atoms with van der Waals surface area (Å²) in [6.45, 7) is 0. The molecule has 1 aliphatic heterocycles. The second kappa shape index (κ2) is 6.43. The first-order valence-corrected chi connectivity index (χ1v) is 8.34. The fraction of sp³-hybridized carbons (Fsp3) is 0.462. The summed E-state index contributed by atoms with van der Waals surface area (Å²) < 4.78 is 1.00. The molecule has 2 rings (SSSR count). The van der Waals surface area contributed by atoms with Crippen LogP contribution in [-0.2, 0) is 0 Å². The standard InChI is InChI=1S/C13H14ClIOS/c14-10-1-2-12(15)11(8-10)13(16)7-9-3-5-17-6-4-9/h1-2,8-9H,3-7H2. The SMILES string of the molecule is O=C(CC1CCSCC1)c1cc(Cl)ccc1I. The Morgan fingerprint density at radius 2 is 2.12 bits per heavy atom. The Morgan fingerprint density at radius 1 is 1.41 bits per heavy atom. The zero-order valence-electron chi connectivity index (χ0n) is 9.42. The smallest absolute Gasteiger partial charge is 0.164 e. The van der Waals surface area contributed by atoms with Crippen molar-refractivity contribution in [2.45, 2.75) is 19.3 Å². The van der Waals surface area contributed by atoms with Gasteiger partial charge in [0.25, 0.3) is 0 Å². The van der Waals surface area contributed by atoms with Crippen LogP contribution in [0.3, 0.4) is 0 Å². The van der Waals surface area contributed by atoms with E-state index in [1.165, 1.54) is 24.3 Å². The number of benzene rings is 1. The third-order valence-corrected chi connectivity index (χ3v) is 5.27. The third-order valence-electron chi connectivity index (χ3n) is 3.04. The van der Waals surface area contributed by atoms with Crippen LogP contribution in [0.25, 0.3) is 0 Å². The molecule has 0 N–H and O–H groups in total. The highest BCUT2D eigenvalue weighted by Gasteiger charge is 2.19. The van der Waals surface area contributed by atoms with Gasteiger partial charge in [-0.2, -0.15) is 11.8 Å². The number of halogens is 2. The predicted octanol–water partition coefficient (Wildman–Crippen LogP) is 4.66. The average molecular weight is 381 g/mol. The van der Waals surface area contributed by atoms with Gasteiger partial charge in [0.05, 0.1) is 0 Å². The van der Waals surface area contributed by atoms with Gasteiger partial charge < -0.3 is 0 Å². The van der Waals surface area contributed by atoms with Gasteiger partial charge in [0.15, 0.2) is 5.78 Å². The van der Waals surface area contributed by atoms with Crippen LogP contribution in [0.1, 0.15) is 29.6 Å². The highest BCUT2D eigenvalue weighted by Crippen LogP contribution is 2.28. The molecule has 0 unspecified atom stereocenters. The zero-order valence-corrected chi connectivity index (χ0v) is 13.1. The van der Waals surface area contributed by atoms with Gasteiger partial charge >= 0.3 is 0 Å². The monoisotopic (exact) mass is 380 g/mol. The maximum absolute atomic E-state index is 12.2. The summed E-state index contributed by atoms with van der Waals surface area (Å²) in [7, 11) is 0. The number of rotatable bonds is 3. The number of ketones is 1. The fourth-order valence-electron chi connectivity index (χ4n) is 2.03. The number of Topliss-reactive ketones (excluding diaryl/α,β-unsaturated/α-hetero) is 1. The molecule has 1 saturated heterocycles. The van der Waals surface area contributed by atoms with Crippen molar-refractivity contribution in [3.63, 3.8) is 0 Å². The Kier molecular flexibility index (Phi) is 5.18. The van der Waals surface area contributed by atoms with E-state index in [0.29, 0.717) is 17.4 Å². The van der Waals surface area contributed by atoms with Gasteiger partial charge in [-0.25, -0.2) is 0 Å². The summed E-state index contributed by atoms with van der Waals surface area (Å²) >= 11 is 10.1. The van der Waals surface area contributed by atoms with Gasteiger partial charge in [-0.15, -0.1) is 0 Å². The lowest BCUT2D eigenvalue weighted by Gasteiger charge is -2.20. The molecule has 0 saturated carbocycles. The van der Waals surface area contributed by atoms with Gasteiger partial charge in [0.2, 0.25) is 0 Å². The first kappa shape index (κ1) is 13.7. The molecule has 17 heavy (non-hydrogen) atoms. The lowest BCUT2D eigenvalue weighted by molar-refractivity contribution is 0.0958. The third kappa shape index (κ3) is 3.86. The van der Waals surface area contributed by atoms with Crippen LogP contribution in [0.5, 0.6) is 0 Å². The number of carbonyl (C=O) groups excluding carboxylic acids is 1. The van der Waals surface area contributed by atoms with Crippen molar-refractivity contribution in [2.75, 3.05) is 11.5 Å². The van der Waals surface area contributed by atoms with Crippen molar-refractivity contribution < 1.29 is 4.79 Å². The van der Waals surface area contributed by atoms with Crippen molar-refractivity contribution in [3.8, 4) is 0 Å². The van der Waals surface area contributed by atoms with Crippen molar-refractivity contribution in [1.29, 1.82) is 0 Å². The highest BCUT2D eigenvalue weighted by atomic mass is 127. The Labute approximate surface area is 125 Å². The van der Waals surface area contributed by atoms with E-state index in [4.69, 9.17) is 11.6 Å². The number of hydrogen-bond acceptors (Lipinski definition) is 2. The molecule has 1 nitrogen and oxygen atoms in total. The van der Waals surface area contributed by atoms with Crippen LogP contribution in [0, 0.1) is 9.49 Å². The van der Waals surface area contributed by atoms with E-state index in [1.807, 2.05) is 23.9 Å². The second-order valence-corrected chi connectivity index (χ2v) is 7.13. The van der Waals surface area contributed by atoms with E-state index in [9.17, 15) is 4.79 Å². The minimum absolute atomic E-state index is 0.244. The number of carbonyl (C=O) groups is 1. The fourth-order valence-corrected chi connectivity index (χ4v) is 4.05. The van der Waals surface area contributed by atoms with Gasteiger partial charge in [0.1, 0.15) is 0 Å². The summed E-state index contributed by atoms with van der Waals surface area (Å²) in [6.07, 6.45) is 3.03. The van der Waals surface area contributed by atoms with Gasteiger partial charge in [-0.05, 0) is 71.1 Å². The van der Waals surface area contributed by atoms with E-state index in [2.05, 4.69) is 22.6 Å². The van der Waals surface area contributed by atoms with Crippen molar-refractivity contribution >= 4 is 51.7 Å². The molecular weight excluding hydrogens is 367 g/mol. The maximum atomic E-state index is 12.2. The van der Waals surface area contributed by atoms with Crippen molar-refractivity contribution in [3.05, 3.63) is 32.4 Å². The molecule has 0 atom stereocenters. The Balaban J connectivity index is 2.05. The first-order valence-electron chi connectivity index (χ1n) is 5.73. The van der Waals surface area contributed by atoms with Gasteiger partial charge in [0, 0.05) is 20.6 Å². The minimum atomic E-state index is 0.244. The molecule has 1 aliphatic rings. The van der Waals surface area contributed by atoms with Crippen LogP contribution in [0.15, 0.2) is 18.2 Å². The maximum Gasteiger partial charge on any atom is 0.164 e. The molecule has 1 heterocycles. The number of hydrogen-bond donors (Lipinski definition) is 0. The summed E-state index contributed by atoms with van der Waals surface area (Å²) in [6, 6.07) is 5.54. The van der Waals surface area contributed by atoms with Crippen LogP contribution < -0.4 is 0 Å². The molecule has 1 aromatic rings. The normalized spacial score (nSPS) is 17.1. The van der Waals surface area contributed by atoms with E-state index in [1.54, 1.807) is 6.07 Å². The van der Waals surface area contributed by atoms with E-state index in [-0.39, 0.29) is 5.78 Å². The van der Waals surface area contributed by atoms with Crippen LogP contribution in [-0.4, -0.2) is 17.3 Å². The molecule has 0 spiro atoms.